The summed E-state index contributed by atoms with van der Waals surface area (Å²) in [6, 6.07) is 4.85. The normalized spacial score (nSPS) is 29.8. The molecule has 0 unspecified atom stereocenters. The van der Waals surface area contributed by atoms with Crippen LogP contribution in [0.25, 0.3) is 0 Å². The number of hydrogen-bond acceptors (Lipinski definition) is 2. The van der Waals surface area contributed by atoms with Crippen molar-refractivity contribution in [2.24, 2.45) is 17.8 Å². The molecule has 0 aromatic heterocycles. The van der Waals surface area contributed by atoms with Crippen LogP contribution >= 0.6 is 23.2 Å². The number of carbonyl (C=O) groups excluding carboxylic acids is 2. The quantitative estimate of drug-likeness (QED) is 0.737. The van der Waals surface area contributed by atoms with Gasteiger partial charge in [0.05, 0.1) is 22.5 Å². The van der Waals surface area contributed by atoms with Gasteiger partial charge in [-0.3, -0.25) is 9.59 Å². The molecule has 1 heterocycles. The van der Waals surface area contributed by atoms with Crippen LogP contribution in [0.15, 0.2) is 18.2 Å². The van der Waals surface area contributed by atoms with Crippen LogP contribution in [0.3, 0.4) is 0 Å². The van der Waals surface area contributed by atoms with Gasteiger partial charge in [0.15, 0.2) is 0 Å². The van der Waals surface area contributed by atoms with E-state index < -0.39 is 0 Å². The molecule has 3 rings (SSSR count). The second-order valence-corrected chi connectivity index (χ2v) is 6.58. The summed E-state index contributed by atoms with van der Waals surface area (Å²) >= 11 is 12.0. The number of nitrogens with zero attached hydrogens (tertiary/aromatic N) is 1. The van der Waals surface area contributed by atoms with E-state index >= 15 is 0 Å². The number of imide groups is 1. The summed E-state index contributed by atoms with van der Waals surface area (Å²) in [6.45, 7) is 2.13. The topological polar surface area (TPSA) is 37.4 Å². The molecular weight excluding hydrogens is 297 g/mol. The third kappa shape index (κ3) is 2.13. The summed E-state index contributed by atoms with van der Waals surface area (Å²) in [5.74, 6) is -0.0935. The van der Waals surface area contributed by atoms with Gasteiger partial charge >= 0.3 is 0 Å². The highest BCUT2D eigenvalue weighted by molar-refractivity contribution is 6.38. The van der Waals surface area contributed by atoms with Gasteiger partial charge in [0.2, 0.25) is 11.8 Å². The van der Waals surface area contributed by atoms with Gasteiger partial charge in [-0.2, -0.15) is 0 Å². The molecule has 1 aliphatic carbocycles. The molecule has 0 bridgehead atoms. The predicted molar refractivity (Wildman–Crippen MR) is 79.0 cm³/mol. The van der Waals surface area contributed by atoms with Crippen LogP contribution in [0.4, 0.5) is 5.69 Å². The van der Waals surface area contributed by atoms with E-state index in [2.05, 4.69) is 6.92 Å². The van der Waals surface area contributed by atoms with Gasteiger partial charge in [-0.25, -0.2) is 4.90 Å². The van der Waals surface area contributed by atoms with Gasteiger partial charge < -0.3 is 0 Å². The lowest BCUT2D eigenvalue weighted by Crippen LogP contribution is -2.31. The van der Waals surface area contributed by atoms with Crippen molar-refractivity contribution in [3.05, 3.63) is 28.2 Å². The zero-order valence-corrected chi connectivity index (χ0v) is 12.6. The summed E-state index contributed by atoms with van der Waals surface area (Å²) in [6.07, 6.45) is 2.58. The smallest absolute Gasteiger partial charge is 0.237 e. The number of halogens is 2. The highest BCUT2D eigenvalue weighted by atomic mass is 35.5. The van der Waals surface area contributed by atoms with Crippen LogP contribution in [0.1, 0.15) is 26.2 Å². The first kappa shape index (κ1) is 13.9. The molecule has 2 fully saturated rings. The number of hydrogen-bond donors (Lipinski definition) is 0. The van der Waals surface area contributed by atoms with E-state index in [0.29, 0.717) is 21.7 Å². The van der Waals surface area contributed by atoms with Gasteiger partial charge in [-0.15, -0.1) is 0 Å². The Bertz CT molecular complexity index is 587. The Labute approximate surface area is 127 Å². The van der Waals surface area contributed by atoms with Crippen molar-refractivity contribution >= 4 is 40.7 Å². The van der Waals surface area contributed by atoms with Crippen LogP contribution in [0.2, 0.25) is 10.0 Å². The molecule has 3 nitrogen and oxygen atoms in total. The maximum atomic E-state index is 12.5. The van der Waals surface area contributed by atoms with Crippen molar-refractivity contribution in [2.45, 2.75) is 26.2 Å². The molecule has 20 heavy (non-hydrogen) atoms. The van der Waals surface area contributed by atoms with Crippen LogP contribution in [0, 0.1) is 17.8 Å². The molecule has 1 saturated heterocycles. The fourth-order valence-electron chi connectivity index (χ4n) is 3.29. The third-order valence-electron chi connectivity index (χ3n) is 4.34. The molecule has 0 N–H and O–H groups in total. The Kier molecular flexibility index (Phi) is 3.51. The first-order valence-corrected chi connectivity index (χ1v) is 7.57. The second kappa shape index (κ2) is 5.05. The van der Waals surface area contributed by atoms with Crippen LogP contribution in [-0.4, -0.2) is 11.8 Å². The van der Waals surface area contributed by atoms with E-state index in [1.54, 1.807) is 18.2 Å². The van der Waals surface area contributed by atoms with Crippen LogP contribution in [-0.2, 0) is 9.59 Å². The number of carbonyl (C=O) groups is 2. The fraction of sp³-hybridized carbons (Fsp3) is 0.467. The van der Waals surface area contributed by atoms with E-state index in [9.17, 15) is 9.59 Å². The number of rotatable bonds is 1. The summed E-state index contributed by atoms with van der Waals surface area (Å²) in [5.41, 5.74) is 0.452. The Balaban J connectivity index is 1.98. The molecular formula is C15H15Cl2NO2. The molecule has 1 aromatic carbocycles. The predicted octanol–water partition coefficient (Wildman–Crippen LogP) is 3.92. The monoisotopic (exact) mass is 311 g/mol. The lowest BCUT2D eigenvalue weighted by Gasteiger charge is -2.25. The Morgan fingerprint density at radius 2 is 1.80 bits per heavy atom. The standard InChI is InChI=1S/C15H15Cl2NO2/c1-8-2-4-10-11(6-8)15(20)18(14(10)19)13-5-3-9(16)7-12(13)17/h3,5,7-8,10-11H,2,4,6H2,1H3/t8-,10+,11+/m0/s1. The second-order valence-electron chi connectivity index (χ2n) is 5.74. The van der Waals surface area contributed by atoms with Gasteiger partial charge in [-0.05, 0) is 43.4 Å². The lowest BCUT2D eigenvalue weighted by molar-refractivity contribution is -0.122. The summed E-state index contributed by atoms with van der Waals surface area (Å²) in [5, 5.41) is 0.828. The average molecular weight is 312 g/mol. The van der Waals surface area contributed by atoms with E-state index in [0.717, 1.165) is 19.3 Å². The van der Waals surface area contributed by atoms with Gasteiger partial charge in [0, 0.05) is 5.02 Å². The Morgan fingerprint density at radius 1 is 1.10 bits per heavy atom. The minimum absolute atomic E-state index is 0.115. The van der Waals surface area contributed by atoms with Crippen molar-refractivity contribution < 1.29 is 9.59 Å². The Hall–Kier alpha value is -1.06. The van der Waals surface area contributed by atoms with Gasteiger partial charge in [0.25, 0.3) is 0 Å². The van der Waals surface area contributed by atoms with Gasteiger partial charge in [0.1, 0.15) is 0 Å². The van der Waals surface area contributed by atoms with Crippen molar-refractivity contribution in [3.8, 4) is 0 Å². The van der Waals surface area contributed by atoms with Gasteiger partial charge in [-0.1, -0.05) is 30.1 Å². The van der Waals surface area contributed by atoms with E-state index in [1.165, 1.54) is 4.90 Å². The van der Waals surface area contributed by atoms with Crippen molar-refractivity contribution in [3.63, 3.8) is 0 Å². The highest BCUT2D eigenvalue weighted by Gasteiger charge is 2.50. The zero-order valence-electron chi connectivity index (χ0n) is 11.1. The Morgan fingerprint density at radius 3 is 2.50 bits per heavy atom. The van der Waals surface area contributed by atoms with E-state index in [1.807, 2.05) is 0 Å². The molecule has 2 aliphatic rings. The lowest BCUT2D eigenvalue weighted by atomic mass is 9.76. The zero-order chi connectivity index (χ0) is 14.4. The minimum atomic E-state index is -0.182. The summed E-state index contributed by atoms with van der Waals surface area (Å²) in [4.78, 5) is 26.3. The SMILES string of the molecule is C[C@H]1CC[C@H]2C(=O)N(c3ccc(Cl)cc3Cl)C(=O)[C@@H]2C1. The number of anilines is 1. The first-order valence-electron chi connectivity index (χ1n) is 6.82. The number of benzene rings is 1. The highest BCUT2D eigenvalue weighted by Crippen LogP contribution is 2.43. The molecule has 1 aromatic rings. The van der Waals surface area contributed by atoms with Crippen molar-refractivity contribution in [1.29, 1.82) is 0 Å². The maximum absolute atomic E-state index is 12.5. The van der Waals surface area contributed by atoms with E-state index in [4.69, 9.17) is 23.2 Å². The van der Waals surface area contributed by atoms with Crippen LogP contribution in [0.5, 0.6) is 0 Å². The number of fused-ring (bicyclic) bond motifs is 1. The molecule has 2 amide bonds. The molecule has 0 spiro atoms. The maximum Gasteiger partial charge on any atom is 0.237 e. The van der Waals surface area contributed by atoms with E-state index in [-0.39, 0.29) is 23.7 Å². The third-order valence-corrected chi connectivity index (χ3v) is 4.88. The molecule has 0 radical (unpaired) electrons. The first-order chi connectivity index (χ1) is 9.49. The summed E-state index contributed by atoms with van der Waals surface area (Å²) < 4.78 is 0. The minimum Gasteiger partial charge on any atom is -0.274 e. The molecule has 106 valence electrons. The molecule has 5 heteroatoms. The summed E-state index contributed by atoms with van der Waals surface area (Å²) in [7, 11) is 0. The largest absolute Gasteiger partial charge is 0.274 e. The average Bonchev–Trinajstić information content (AvgIpc) is 2.63. The van der Waals surface area contributed by atoms with Crippen LogP contribution < -0.4 is 4.90 Å². The van der Waals surface area contributed by atoms with Crippen molar-refractivity contribution in [1.82, 2.24) is 0 Å². The number of amides is 2. The fourth-order valence-corrected chi connectivity index (χ4v) is 3.78. The molecule has 1 aliphatic heterocycles. The van der Waals surface area contributed by atoms with Crippen molar-refractivity contribution in [2.75, 3.05) is 4.90 Å². The molecule has 3 atom stereocenters. The molecule has 1 saturated carbocycles.